The Kier molecular flexibility index (Phi) is 5.45. The molecule has 0 aliphatic heterocycles. The Bertz CT molecular complexity index is 624. The first-order chi connectivity index (χ1) is 9.99. The van der Waals surface area contributed by atoms with E-state index in [-0.39, 0.29) is 0 Å². The molecule has 114 valence electrons. The van der Waals surface area contributed by atoms with Crippen molar-refractivity contribution in [2.75, 3.05) is 18.4 Å². The van der Waals surface area contributed by atoms with Gasteiger partial charge in [-0.3, -0.25) is 4.68 Å². The molecule has 0 saturated heterocycles. The molecule has 0 aliphatic rings. The Morgan fingerprint density at radius 2 is 2.00 bits per heavy atom. The summed E-state index contributed by atoms with van der Waals surface area (Å²) in [5, 5.41) is 12.0. The van der Waals surface area contributed by atoms with Gasteiger partial charge in [-0.2, -0.15) is 5.10 Å². The molecule has 5 nitrogen and oxygen atoms in total. The van der Waals surface area contributed by atoms with Gasteiger partial charge < -0.3 is 10.6 Å². The van der Waals surface area contributed by atoms with Crippen molar-refractivity contribution < 1.29 is 0 Å². The minimum atomic E-state index is 0.529. The molecular formula is C14H19Cl2N5. The van der Waals surface area contributed by atoms with Crippen LogP contribution in [0, 0.1) is 13.8 Å². The molecule has 2 aromatic rings. The Hall–Kier alpha value is -1.30. The van der Waals surface area contributed by atoms with Gasteiger partial charge in [0.15, 0.2) is 0 Å². The third-order valence-electron chi connectivity index (χ3n) is 3.36. The second kappa shape index (κ2) is 7.11. The predicted molar refractivity (Wildman–Crippen MR) is 87.1 cm³/mol. The lowest BCUT2D eigenvalue weighted by atomic mass is 10.2. The zero-order valence-corrected chi connectivity index (χ0v) is 13.9. The van der Waals surface area contributed by atoms with Crippen LogP contribution < -0.4 is 10.6 Å². The first-order valence-corrected chi connectivity index (χ1v) is 7.49. The number of aryl methyl sites for hydroxylation is 2. The normalized spacial score (nSPS) is 10.9. The molecule has 21 heavy (non-hydrogen) atoms. The zero-order chi connectivity index (χ0) is 15.4. The van der Waals surface area contributed by atoms with Crippen LogP contribution in [0.3, 0.4) is 0 Å². The minimum absolute atomic E-state index is 0.529. The Labute approximate surface area is 134 Å². The van der Waals surface area contributed by atoms with E-state index in [1.807, 2.05) is 18.7 Å². The van der Waals surface area contributed by atoms with Crippen LogP contribution >= 0.6 is 23.2 Å². The van der Waals surface area contributed by atoms with Crippen LogP contribution in [0.15, 0.2) is 12.3 Å². The molecule has 0 fully saturated rings. The second-order valence-corrected chi connectivity index (χ2v) is 5.70. The second-order valence-electron chi connectivity index (χ2n) is 4.86. The number of nitrogens with one attached hydrogen (secondary N) is 2. The third kappa shape index (κ3) is 4.09. The van der Waals surface area contributed by atoms with Gasteiger partial charge in [-0.05, 0) is 19.9 Å². The van der Waals surface area contributed by atoms with Gasteiger partial charge in [-0.1, -0.05) is 23.2 Å². The maximum Gasteiger partial charge on any atom is 0.144 e. The van der Waals surface area contributed by atoms with Crippen LogP contribution in [-0.4, -0.2) is 27.9 Å². The van der Waals surface area contributed by atoms with Crippen LogP contribution in [-0.2, 0) is 13.6 Å². The van der Waals surface area contributed by atoms with Gasteiger partial charge >= 0.3 is 0 Å². The fraction of sp³-hybridized carbons (Fsp3) is 0.429. The van der Waals surface area contributed by atoms with Gasteiger partial charge in [0, 0.05) is 44.1 Å². The number of pyridine rings is 1. The largest absolute Gasteiger partial charge is 0.368 e. The molecule has 0 spiro atoms. The minimum Gasteiger partial charge on any atom is -0.368 e. The molecule has 0 saturated carbocycles. The SMILES string of the molecule is Cc1nn(C)c(C)c1CNCCNc1ncc(Cl)cc1Cl. The fourth-order valence-corrected chi connectivity index (χ4v) is 2.55. The molecule has 2 N–H and O–H groups in total. The van der Waals surface area contributed by atoms with Crippen molar-refractivity contribution in [3.05, 3.63) is 39.3 Å². The molecule has 0 amide bonds. The Morgan fingerprint density at radius 3 is 2.62 bits per heavy atom. The summed E-state index contributed by atoms with van der Waals surface area (Å²) >= 11 is 11.8. The summed E-state index contributed by atoms with van der Waals surface area (Å²) in [5.41, 5.74) is 3.51. The van der Waals surface area contributed by atoms with E-state index in [2.05, 4.69) is 27.6 Å². The topological polar surface area (TPSA) is 54.8 Å². The summed E-state index contributed by atoms with van der Waals surface area (Å²) < 4.78 is 1.90. The molecule has 0 aliphatic carbocycles. The maximum atomic E-state index is 6.04. The predicted octanol–water partition coefficient (Wildman–Crippen LogP) is 2.94. The quantitative estimate of drug-likeness (QED) is 0.801. The molecule has 0 unspecified atom stereocenters. The molecule has 0 aromatic carbocycles. The smallest absolute Gasteiger partial charge is 0.144 e. The molecule has 7 heteroatoms. The molecule has 0 radical (unpaired) electrons. The van der Waals surface area contributed by atoms with E-state index in [0.29, 0.717) is 15.9 Å². The number of nitrogens with zero attached hydrogens (tertiary/aromatic N) is 3. The lowest BCUT2D eigenvalue weighted by Crippen LogP contribution is -2.22. The number of aromatic nitrogens is 3. The van der Waals surface area contributed by atoms with Crippen molar-refractivity contribution >= 4 is 29.0 Å². The maximum absolute atomic E-state index is 6.04. The van der Waals surface area contributed by atoms with Gasteiger partial charge in [-0.15, -0.1) is 0 Å². The van der Waals surface area contributed by atoms with Gasteiger partial charge in [0.25, 0.3) is 0 Å². The number of anilines is 1. The van der Waals surface area contributed by atoms with E-state index in [0.717, 1.165) is 25.3 Å². The molecule has 0 atom stereocenters. The monoisotopic (exact) mass is 327 g/mol. The van der Waals surface area contributed by atoms with Crippen molar-refractivity contribution in [3.8, 4) is 0 Å². The van der Waals surface area contributed by atoms with Crippen molar-refractivity contribution in [2.24, 2.45) is 7.05 Å². The summed E-state index contributed by atoms with van der Waals surface area (Å²) in [5.74, 6) is 0.650. The molecule has 2 heterocycles. The summed E-state index contributed by atoms with van der Waals surface area (Å²) in [6.45, 7) is 6.43. The highest BCUT2D eigenvalue weighted by molar-refractivity contribution is 6.35. The van der Waals surface area contributed by atoms with Gasteiger partial charge in [0.2, 0.25) is 0 Å². The standard InChI is InChI=1S/C14H19Cl2N5/c1-9-12(10(2)21(3)20-9)8-17-4-5-18-14-13(16)6-11(15)7-19-14/h6-7,17H,4-5,8H2,1-3H3,(H,18,19). The lowest BCUT2D eigenvalue weighted by Gasteiger charge is -2.09. The van der Waals surface area contributed by atoms with Crippen LogP contribution in [0.4, 0.5) is 5.82 Å². The fourth-order valence-electron chi connectivity index (χ4n) is 2.10. The van der Waals surface area contributed by atoms with Crippen LogP contribution in [0.1, 0.15) is 17.0 Å². The molecule has 0 bridgehead atoms. The van der Waals surface area contributed by atoms with Crippen molar-refractivity contribution in [3.63, 3.8) is 0 Å². The van der Waals surface area contributed by atoms with E-state index in [9.17, 15) is 0 Å². The van der Waals surface area contributed by atoms with Gasteiger partial charge in [0.1, 0.15) is 5.82 Å². The van der Waals surface area contributed by atoms with Crippen LogP contribution in [0.5, 0.6) is 0 Å². The highest BCUT2D eigenvalue weighted by Gasteiger charge is 2.08. The molecule has 2 rings (SSSR count). The third-order valence-corrected chi connectivity index (χ3v) is 3.86. The van der Waals surface area contributed by atoms with Crippen LogP contribution in [0.25, 0.3) is 0 Å². The van der Waals surface area contributed by atoms with E-state index in [4.69, 9.17) is 23.2 Å². The van der Waals surface area contributed by atoms with E-state index in [1.54, 1.807) is 12.3 Å². The highest BCUT2D eigenvalue weighted by atomic mass is 35.5. The Balaban J connectivity index is 1.77. The first-order valence-electron chi connectivity index (χ1n) is 6.73. The van der Waals surface area contributed by atoms with Gasteiger partial charge in [0.05, 0.1) is 15.7 Å². The molecule has 2 aromatic heterocycles. The average Bonchev–Trinajstić information content (AvgIpc) is 2.66. The first kappa shape index (κ1) is 16.1. The number of hydrogen-bond donors (Lipinski definition) is 2. The summed E-state index contributed by atoms with van der Waals surface area (Å²) in [6, 6.07) is 1.67. The Morgan fingerprint density at radius 1 is 1.24 bits per heavy atom. The summed E-state index contributed by atoms with van der Waals surface area (Å²) in [4.78, 5) is 4.15. The lowest BCUT2D eigenvalue weighted by molar-refractivity contribution is 0.695. The van der Waals surface area contributed by atoms with E-state index in [1.165, 1.54) is 11.3 Å². The van der Waals surface area contributed by atoms with E-state index >= 15 is 0 Å². The van der Waals surface area contributed by atoms with Gasteiger partial charge in [-0.25, -0.2) is 4.98 Å². The number of halogens is 2. The highest BCUT2D eigenvalue weighted by Crippen LogP contribution is 2.22. The zero-order valence-electron chi connectivity index (χ0n) is 12.4. The number of hydrogen-bond acceptors (Lipinski definition) is 4. The van der Waals surface area contributed by atoms with Crippen molar-refractivity contribution in [1.82, 2.24) is 20.1 Å². The van der Waals surface area contributed by atoms with Crippen LogP contribution in [0.2, 0.25) is 10.0 Å². The summed E-state index contributed by atoms with van der Waals surface area (Å²) in [6.07, 6.45) is 1.57. The number of rotatable bonds is 6. The average molecular weight is 328 g/mol. The van der Waals surface area contributed by atoms with Crippen molar-refractivity contribution in [1.29, 1.82) is 0 Å². The molecular weight excluding hydrogens is 309 g/mol. The summed E-state index contributed by atoms with van der Waals surface area (Å²) in [7, 11) is 1.96. The van der Waals surface area contributed by atoms with Crippen molar-refractivity contribution in [2.45, 2.75) is 20.4 Å². The van der Waals surface area contributed by atoms with E-state index < -0.39 is 0 Å².